The Labute approximate surface area is 108 Å². The van der Waals surface area contributed by atoms with Gasteiger partial charge in [-0.3, -0.25) is 14.9 Å². The van der Waals surface area contributed by atoms with Gasteiger partial charge in [-0.25, -0.2) is 0 Å². The van der Waals surface area contributed by atoms with Crippen molar-refractivity contribution in [3.8, 4) is 0 Å². The third-order valence-electron chi connectivity index (χ3n) is 2.78. The average Bonchev–Trinajstić information content (AvgIpc) is 2.33. The van der Waals surface area contributed by atoms with Crippen molar-refractivity contribution in [3.63, 3.8) is 0 Å². The van der Waals surface area contributed by atoms with Crippen LogP contribution >= 0.6 is 0 Å². The molecule has 2 amide bonds. The van der Waals surface area contributed by atoms with Crippen LogP contribution in [0.3, 0.4) is 0 Å². The third kappa shape index (κ3) is 4.53. The fourth-order valence-electron chi connectivity index (χ4n) is 1.85. The molecule has 18 heavy (non-hydrogen) atoms. The van der Waals surface area contributed by atoms with E-state index in [4.69, 9.17) is 0 Å². The maximum absolute atomic E-state index is 11.7. The van der Waals surface area contributed by atoms with Gasteiger partial charge in [-0.1, -0.05) is 43.0 Å². The molecule has 0 radical (unpaired) electrons. The van der Waals surface area contributed by atoms with Gasteiger partial charge in [-0.15, -0.1) is 0 Å². The smallest absolute Gasteiger partial charge is 0.230 e. The first-order valence-corrected chi connectivity index (χ1v) is 6.12. The molecule has 1 aliphatic rings. The molecule has 1 heterocycles. The van der Waals surface area contributed by atoms with Crippen LogP contribution in [0.4, 0.5) is 0 Å². The molecule has 0 aromatic heterocycles. The predicted octanol–water partition coefficient (Wildman–Crippen LogP) is 2.67. The maximum Gasteiger partial charge on any atom is 0.230 e. The van der Waals surface area contributed by atoms with Crippen molar-refractivity contribution in [3.05, 3.63) is 48.6 Å². The molecule has 1 saturated heterocycles. The predicted molar refractivity (Wildman–Crippen MR) is 72.7 cm³/mol. The van der Waals surface area contributed by atoms with Crippen molar-refractivity contribution in [1.29, 1.82) is 0 Å². The summed E-state index contributed by atoms with van der Waals surface area (Å²) in [5, 5.41) is 2.38. The Morgan fingerprint density at radius 1 is 1.44 bits per heavy atom. The van der Waals surface area contributed by atoms with Gasteiger partial charge in [0.2, 0.25) is 11.8 Å². The first-order valence-electron chi connectivity index (χ1n) is 6.12. The summed E-state index contributed by atoms with van der Waals surface area (Å²) in [6, 6.07) is 0. The number of amides is 2. The first-order chi connectivity index (χ1) is 8.67. The molecule has 1 unspecified atom stereocenters. The second-order valence-electron chi connectivity index (χ2n) is 4.21. The average molecular weight is 245 g/mol. The molecule has 1 N–H and O–H groups in total. The number of carbonyl (C=O) groups excluding carboxylic acids is 2. The van der Waals surface area contributed by atoms with Crippen LogP contribution in [0.2, 0.25) is 0 Å². The van der Waals surface area contributed by atoms with E-state index in [-0.39, 0.29) is 17.7 Å². The van der Waals surface area contributed by atoms with Crippen LogP contribution in [0.5, 0.6) is 0 Å². The zero-order valence-electron chi connectivity index (χ0n) is 10.7. The minimum atomic E-state index is -0.171. The number of hydrogen-bond donors (Lipinski definition) is 1. The summed E-state index contributed by atoms with van der Waals surface area (Å²) in [7, 11) is 0. The van der Waals surface area contributed by atoms with Gasteiger partial charge in [0.25, 0.3) is 0 Å². The van der Waals surface area contributed by atoms with E-state index in [1.807, 2.05) is 37.3 Å². The van der Waals surface area contributed by atoms with Gasteiger partial charge in [0.1, 0.15) is 0 Å². The van der Waals surface area contributed by atoms with E-state index in [1.165, 1.54) is 0 Å². The normalized spacial score (nSPS) is 21.6. The van der Waals surface area contributed by atoms with Gasteiger partial charge >= 0.3 is 0 Å². The Morgan fingerprint density at radius 3 is 2.83 bits per heavy atom. The lowest BCUT2D eigenvalue weighted by Gasteiger charge is -2.20. The number of nitrogens with one attached hydrogen (secondary N) is 1. The molecule has 1 atom stereocenters. The van der Waals surface area contributed by atoms with Gasteiger partial charge < -0.3 is 0 Å². The van der Waals surface area contributed by atoms with Crippen LogP contribution in [0.25, 0.3) is 0 Å². The van der Waals surface area contributed by atoms with Crippen molar-refractivity contribution >= 4 is 11.8 Å². The molecule has 1 fully saturated rings. The van der Waals surface area contributed by atoms with Crippen molar-refractivity contribution in [1.82, 2.24) is 5.32 Å². The molecule has 0 saturated carbocycles. The van der Waals surface area contributed by atoms with Crippen molar-refractivity contribution in [2.75, 3.05) is 0 Å². The lowest BCUT2D eigenvalue weighted by atomic mass is 9.90. The summed E-state index contributed by atoms with van der Waals surface area (Å²) in [4.78, 5) is 22.7. The topological polar surface area (TPSA) is 46.2 Å². The molecule has 0 aromatic rings. The molecular formula is C15H19NO2. The fourth-order valence-corrected chi connectivity index (χ4v) is 1.85. The highest BCUT2D eigenvalue weighted by molar-refractivity contribution is 5.98. The molecule has 0 spiro atoms. The molecule has 96 valence electrons. The Kier molecular flexibility index (Phi) is 5.85. The Hall–Kier alpha value is -1.90. The van der Waals surface area contributed by atoms with E-state index < -0.39 is 0 Å². The minimum absolute atomic E-state index is 0.121. The van der Waals surface area contributed by atoms with Crippen LogP contribution in [0, 0.1) is 5.92 Å². The van der Waals surface area contributed by atoms with E-state index in [0.717, 1.165) is 5.57 Å². The number of hydrogen-bond acceptors (Lipinski definition) is 2. The number of allylic oxidation sites excluding steroid dienone is 7. The molecule has 3 heteroatoms. The summed E-state index contributed by atoms with van der Waals surface area (Å²) in [6.07, 6.45) is 13.1. The molecular weight excluding hydrogens is 226 g/mol. The molecule has 1 rings (SSSR count). The third-order valence-corrected chi connectivity index (χ3v) is 2.78. The van der Waals surface area contributed by atoms with Crippen LogP contribution < -0.4 is 5.32 Å². The lowest BCUT2D eigenvalue weighted by molar-refractivity contribution is -0.136. The molecule has 1 aliphatic heterocycles. The monoisotopic (exact) mass is 245 g/mol. The van der Waals surface area contributed by atoms with Crippen LogP contribution in [0.1, 0.15) is 26.2 Å². The zero-order chi connectivity index (χ0) is 13.4. The molecule has 3 nitrogen and oxygen atoms in total. The van der Waals surface area contributed by atoms with Gasteiger partial charge in [0, 0.05) is 12.3 Å². The minimum Gasteiger partial charge on any atom is -0.296 e. The molecule has 0 bridgehead atoms. The second-order valence-corrected chi connectivity index (χ2v) is 4.21. The number of rotatable bonds is 5. The fraction of sp³-hybridized carbons (Fsp3) is 0.333. The van der Waals surface area contributed by atoms with Crippen LogP contribution in [0.15, 0.2) is 48.6 Å². The van der Waals surface area contributed by atoms with Crippen molar-refractivity contribution in [2.45, 2.75) is 26.2 Å². The molecule has 0 aromatic carbocycles. The van der Waals surface area contributed by atoms with Crippen molar-refractivity contribution < 1.29 is 9.59 Å². The first kappa shape index (κ1) is 14.2. The Bertz CT molecular complexity index is 416. The van der Waals surface area contributed by atoms with E-state index in [2.05, 4.69) is 11.9 Å². The number of imide groups is 1. The Morgan fingerprint density at radius 2 is 2.22 bits per heavy atom. The van der Waals surface area contributed by atoms with Gasteiger partial charge in [-0.05, 0) is 25.3 Å². The number of carbonyl (C=O) groups is 2. The summed E-state index contributed by atoms with van der Waals surface area (Å²) >= 11 is 0. The quantitative estimate of drug-likeness (QED) is 0.598. The second kappa shape index (κ2) is 7.43. The van der Waals surface area contributed by atoms with E-state index in [0.29, 0.717) is 19.3 Å². The highest BCUT2D eigenvalue weighted by Crippen LogP contribution is 2.21. The summed E-state index contributed by atoms with van der Waals surface area (Å²) < 4.78 is 0. The van der Waals surface area contributed by atoms with Gasteiger partial charge in [0.15, 0.2) is 0 Å². The van der Waals surface area contributed by atoms with Gasteiger partial charge in [0.05, 0.1) is 0 Å². The highest BCUT2D eigenvalue weighted by Gasteiger charge is 2.26. The van der Waals surface area contributed by atoms with Crippen LogP contribution in [-0.2, 0) is 9.59 Å². The Balaban J connectivity index is 2.66. The standard InChI is InChI=1S/C15H19NO2/c1-3-5-6-8-12(7-4-2)11-13-9-10-14(17)16-15(13)18/h3-8,13H,2,9-11H2,1H3,(H,16,17,18)/b5-3-,8-6-,12-7+. The molecule has 0 aliphatic carbocycles. The van der Waals surface area contributed by atoms with Gasteiger partial charge in [-0.2, -0.15) is 0 Å². The zero-order valence-corrected chi connectivity index (χ0v) is 10.7. The summed E-state index contributed by atoms with van der Waals surface area (Å²) in [5.41, 5.74) is 1.04. The number of piperidine rings is 1. The highest BCUT2D eigenvalue weighted by atomic mass is 16.2. The largest absolute Gasteiger partial charge is 0.296 e. The maximum atomic E-state index is 11.7. The van der Waals surface area contributed by atoms with E-state index in [9.17, 15) is 9.59 Å². The lowest BCUT2D eigenvalue weighted by Crippen LogP contribution is -2.40. The summed E-state index contributed by atoms with van der Waals surface area (Å²) in [5.74, 6) is -0.459. The van der Waals surface area contributed by atoms with E-state index >= 15 is 0 Å². The van der Waals surface area contributed by atoms with Crippen LogP contribution in [-0.4, -0.2) is 11.8 Å². The SMILES string of the molecule is C=C\C=C(/C=C\C=C/C)CC1CCC(=O)NC1=O. The van der Waals surface area contributed by atoms with E-state index in [1.54, 1.807) is 6.08 Å². The summed E-state index contributed by atoms with van der Waals surface area (Å²) in [6.45, 7) is 5.62. The van der Waals surface area contributed by atoms with Crippen molar-refractivity contribution in [2.24, 2.45) is 5.92 Å².